The molecule has 2 heterocycles. The predicted molar refractivity (Wildman–Crippen MR) is 147 cm³/mol. The van der Waals surface area contributed by atoms with E-state index in [0.29, 0.717) is 40.6 Å². The second-order valence-electron chi connectivity index (χ2n) is 15.2. The zero-order valence-corrected chi connectivity index (χ0v) is 24.8. The standard InChI is InChI=1S/C32H52N2O4/c1-19-9-14-32(37-18-19)20(2)29-26(38-32)16-25-23-8-7-21-15-22(33-27(35)17-28(36)34(5)6)10-12-30(21,3)24(23)11-13-31(25,29)4/h19-26,29H,7-18H2,1-6H3,(H,33,35)/t19-,20-,21+,22?,23+,24-,25-,26-,29-,30-,31-,32+/m0/s1. The van der Waals surface area contributed by atoms with E-state index in [1.54, 1.807) is 14.1 Å². The molecule has 6 rings (SSSR count). The quantitative estimate of drug-likeness (QED) is 0.499. The minimum absolute atomic E-state index is 0.0371. The molecule has 6 fully saturated rings. The molecular weight excluding hydrogens is 476 g/mol. The first-order chi connectivity index (χ1) is 18.0. The number of hydrogen-bond acceptors (Lipinski definition) is 4. The van der Waals surface area contributed by atoms with Gasteiger partial charge in [0, 0.05) is 32.5 Å². The molecule has 6 aliphatic rings. The van der Waals surface area contributed by atoms with Crippen molar-refractivity contribution >= 4 is 11.8 Å². The highest BCUT2D eigenvalue weighted by molar-refractivity contribution is 5.96. The van der Waals surface area contributed by atoms with Crippen molar-refractivity contribution in [3.8, 4) is 0 Å². The Kier molecular flexibility index (Phi) is 6.74. The van der Waals surface area contributed by atoms with Gasteiger partial charge in [0.15, 0.2) is 5.79 Å². The van der Waals surface area contributed by atoms with Gasteiger partial charge in [-0.25, -0.2) is 0 Å². The van der Waals surface area contributed by atoms with Gasteiger partial charge in [0.2, 0.25) is 11.8 Å². The zero-order valence-electron chi connectivity index (χ0n) is 24.8. The molecule has 6 nitrogen and oxygen atoms in total. The normalized spacial score (nSPS) is 51.5. The lowest BCUT2D eigenvalue weighted by atomic mass is 9.44. The van der Waals surface area contributed by atoms with Crippen molar-refractivity contribution in [1.29, 1.82) is 0 Å². The summed E-state index contributed by atoms with van der Waals surface area (Å²) < 4.78 is 13.4. The summed E-state index contributed by atoms with van der Waals surface area (Å²) in [6, 6.07) is 0.218. The van der Waals surface area contributed by atoms with Crippen molar-refractivity contribution in [3.63, 3.8) is 0 Å². The van der Waals surface area contributed by atoms with Gasteiger partial charge in [0.25, 0.3) is 0 Å². The number of ether oxygens (including phenoxy) is 2. The van der Waals surface area contributed by atoms with Gasteiger partial charge in [-0.3, -0.25) is 9.59 Å². The van der Waals surface area contributed by atoms with Gasteiger partial charge in [-0.2, -0.15) is 0 Å². The molecule has 0 aromatic rings. The predicted octanol–water partition coefficient (Wildman–Crippen LogP) is 5.40. The molecule has 0 radical (unpaired) electrons. The smallest absolute Gasteiger partial charge is 0.231 e. The SMILES string of the molecule is C[C@H]1CC[C@@]2(OC1)O[C@H]1C[C@H]3[C@@H]4CC[C@@H]5CC(NC(=O)CC(=O)N(C)C)CC[C@]5(C)[C@H]4CC[C@]3(C)[C@H]1[C@@H]2C. The maximum atomic E-state index is 12.5. The summed E-state index contributed by atoms with van der Waals surface area (Å²) in [5.41, 5.74) is 0.744. The third-order valence-electron chi connectivity index (χ3n) is 13.1. The van der Waals surface area contributed by atoms with E-state index in [1.165, 1.54) is 49.8 Å². The first kappa shape index (κ1) is 27.1. The van der Waals surface area contributed by atoms with Gasteiger partial charge in [-0.15, -0.1) is 0 Å². The number of nitrogens with one attached hydrogen (secondary N) is 1. The third kappa shape index (κ3) is 4.09. The molecule has 2 aliphatic heterocycles. The number of carbonyl (C=O) groups is 2. The Hall–Kier alpha value is -1.14. The molecule has 0 aromatic carbocycles. The second kappa shape index (κ2) is 9.46. The highest BCUT2D eigenvalue weighted by Crippen LogP contribution is 2.71. The topological polar surface area (TPSA) is 67.9 Å². The van der Waals surface area contributed by atoms with Crippen LogP contribution in [0.1, 0.15) is 98.3 Å². The maximum absolute atomic E-state index is 12.5. The van der Waals surface area contributed by atoms with Crippen LogP contribution in [0.15, 0.2) is 0 Å². The Balaban J connectivity index is 1.12. The number of fused-ring (bicyclic) bond motifs is 7. The molecule has 0 aromatic heterocycles. The fourth-order valence-corrected chi connectivity index (χ4v) is 11.0. The molecule has 4 aliphatic carbocycles. The largest absolute Gasteiger partial charge is 0.353 e. The number of hydrogen-bond donors (Lipinski definition) is 1. The van der Waals surface area contributed by atoms with Crippen LogP contribution >= 0.6 is 0 Å². The Morgan fingerprint density at radius 3 is 2.39 bits per heavy atom. The van der Waals surface area contributed by atoms with Crippen LogP contribution in [-0.4, -0.2) is 55.3 Å². The summed E-state index contributed by atoms with van der Waals surface area (Å²) in [5.74, 6) is 4.25. The second-order valence-corrected chi connectivity index (χ2v) is 15.2. The third-order valence-corrected chi connectivity index (χ3v) is 13.1. The lowest BCUT2D eigenvalue weighted by molar-refractivity contribution is -0.273. The van der Waals surface area contributed by atoms with Gasteiger partial charge in [0.1, 0.15) is 6.42 Å². The summed E-state index contributed by atoms with van der Waals surface area (Å²) in [4.78, 5) is 26.0. The highest BCUT2D eigenvalue weighted by atomic mass is 16.7. The molecule has 12 atom stereocenters. The van der Waals surface area contributed by atoms with E-state index in [2.05, 4.69) is 33.0 Å². The van der Waals surface area contributed by atoms with E-state index >= 15 is 0 Å². The van der Waals surface area contributed by atoms with Crippen LogP contribution in [-0.2, 0) is 19.1 Å². The van der Waals surface area contributed by atoms with Crippen molar-refractivity contribution in [2.45, 2.75) is 116 Å². The van der Waals surface area contributed by atoms with E-state index in [0.717, 1.165) is 43.6 Å². The number of amides is 2. The first-order valence-electron chi connectivity index (χ1n) is 15.8. The van der Waals surface area contributed by atoms with Gasteiger partial charge in [0.05, 0.1) is 12.7 Å². The van der Waals surface area contributed by atoms with Crippen LogP contribution in [0.5, 0.6) is 0 Å². The molecule has 2 amide bonds. The molecule has 6 heteroatoms. The summed E-state index contributed by atoms with van der Waals surface area (Å²) in [5, 5.41) is 3.22. The summed E-state index contributed by atoms with van der Waals surface area (Å²) in [7, 11) is 3.42. The highest BCUT2D eigenvalue weighted by Gasteiger charge is 2.69. The summed E-state index contributed by atoms with van der Waals surface area (Å²) in [6.07, 6.45) is 12.5. The van der Waals surface area contributed by atoms with Crippen LogP contribution in [0.4, 0.5) is 0 Å². The van der Waals surface area contributed by atoms with Crippen LogP contribution in [0, 0.1) is 52.3 Å². The molecule has 0 bridgehead atoms. The van der Waals surface area contributed by atoms with Crippen LogP contribution in [0.3, 0.4) is 0 Å². The Bertz CT molecular complexity index is 944. The van der Waals surface area contributed by atoms with E-state index in [9.17, 15) is 9.59 Å². The Labute approximate surface area is 230 Å². The average Bonchev–Trinajstić information content (AvgIpc) is 3.31. The lowest BCUT2D eigenvalue weighted by Gasteiger charge is -2.61. The minimum Gasteiger partial charge on any atom is -0.353 e. The molecule has 1 unspecified atom stereocenters. The number of rotatable bonds is 3. The van der Waals surface area contributed by atoms with Crippen LogP contribution in [0.25, 0.3) is 0 Å². The van der Waals surface area contributed by atoms with E-state index in [1.807, 2.05) is 0 Å². The van der Waals surface area contributed by atoms with Crippen LogP contribution < -0.4 is 5.32 Å². The van der Waals surface area contributed by atoms with Crippen molar-refractivity contribution in [2.24, 2.45) is 52.3 Å². The van der Waals surface area contributed by atoms with Gasteiger partial charge < -0.3 is 19.7 Å². The van der Waals surface area contributed by atoms with Crippen molar-refractivity contribution in [2.75, 3.05) is 20.7 Å². The molecule has 38 heavy (non-hydrogen) atoms. The fraction of sp³-hybridized carbons (Fsp3) is 0.938. The molecule has 1 N–H and O–H groups in total. The van der Waals surface area contributed by atoms with E-state index in [4.69, 9.17) is 9.47 Å². The molecule has 1 spiro atoms. The molecule has 2 saturated heterocycles. The Morgan fingerprint density at radius 2 is 1.68 bits per heavy atom. The minimum atomic E-state index is -0.323. The monoisotopic (exact) mass is 528 g/mol. The molecule has 4 saturated carbocycles. The number of carbonyl (C=O) groups excluding carboxylic acids is 2. The number of nitrogens with zero attached hydrogens (tertiary/aromatic N) is 1. The van der Waals surface area contributed by atoms with Gasteiger partial charge in [-0.05, 0) is 104 Å². The Morgan fingerprint density at radius 1 is 0.921 bits per heavy atom. The van der Waals surface area contributed by atoms with E-state index < -0.39 is 0 Å². The average molecular weight is 529 g/mol. The maximum Gasteiger partial charge on any atom is 0.231 e. The van der Waals surface area contributed by atoms with Crippen molar-refractivity contribution in [1.82, 2.24) is 10.2 Å². The van der Waals surface area contributed by atoms with Crippen molar-refractivity contribution < 1.29 is 19.1 Å². The first-order valence-corrected chi connectivity index (χ1v) is 15.8. The summed E-state index contributed by atoms with van der Waals surface area (Å²) >= 11 is 0. The van der Waals surface area contributed by atoms with E-state index in [-0.39, 0.29) is 30.1 Å². The molecular formula is C32H52N2O4. The molecule has 214 valence electrons. The van der Waals surface area contributed by atoms with Gasteiger partial charge in [-0.1, -0.05) is 27.7 Å². The van der Waals surface area contributed by atoms with Crippen molar-refractivity contribution in [3.05, 3.63) is 0 Å². The van der Waals surface area contributed by atoms with Gasteiger partial charge >= 0.3 is 0 Å². The lowest BCUT2D eigenvalue weighted by Crippen LogP contribution is -2.56. The fourth-order valence-electron chi connectivity index (χ4n) is 11.0. The van der Waals surface area contributed by atoms with Crippen LogP contribution in [0.2, 0.25) is 0 Å². The zero-order chi connectivity index (χ0) is 27.0. The summed E-state index contributed by atoms with van der Waals surface area (Å²) in [6.45, 7) is 10.8.